The molecule has 0 spiro atoms. The van der Waals surface area contributed by atoms with Crippen LogP contribution in [0.15, 0.2) is 68.9 Å². The van der Waals surface area contributed by atoms with Crippen LogP contribution in [-0.4, -0.2) is 13.3 Å². The predicted molar refractivity (Wildman–Crippen MR) is 76.2 cm³/mol. The molecule has 0 amide bonds. The Hall–Kier alpha value is -2.42. The van der Waals surface area contributed by atoms with Crippen LogP contribution in [0.1, 0.15) is 0 Å². The summed E-state index contributed by atoms with van der Waals surface area (Å²) in [5.74, 6) is 0. The molecular formula is C12H10N6Se. The summed E-state index contributed by atoms with van der Waals surface area (Å²) in [6.07, 6.45) is 0. The van der Waals surface area contributed by atoms with Crippen LogP contribution in [-0.2, 0) is 0 Å². The third kappa shape index (κ3) is 2.55. The molecule has 0 aliphatic carbocycles. The van der Waals surface area contributed by atoms with Crippen molar-refractivity contribution in [3.63, 3.8) is 0 Å². The molecule has 0 fully saturated rings. The third-order valence-corrected chi connectivity index (χ3v) is 7.65. The van der Waals surface area contributed by atoms with E-state index in [1.165, 1.54) is 0 Å². The molecular weight excluding hydrogens is 307 g/mol. The van der Waals surface area contributed by atoms with E-state index in [-0.39, 0.29) is 0 Å². The van der Waals surface area contributed by atoms with Gasteiger partial charge in [-0.2, -0.15) is 0 Å². The monoisotopic (exact) mass is 318 g/mol. The number of nitrogens with zero attached hydrogens (tertiary/aromatic N) is 6. The van der Waals surface area contributed by atoms with Crippen LogP contribution < -0.4 is 8.92 Å². The van der Waals surface area contributed by atoms with Crippen LogP contribution in [0.4, 0.5) is 0 Å². The quantitative estimate of drug-likeness (QED) is 0.358. The molecule has 0 heterocycles. The maximum absolute atomic E-state index is 8.87. The Balaban J connectivity index is 2.75. The van der Waals surface area contributed by atoms with E-state index >= 15 is 0 Å². The van der Waals surface area contributed by atoms with E-state index in [0.717, 1.165) is 8.92 Å². The van der Waals surface area contributed by atoms with Crippen molar-refractivity contribution in [2.24, 2.45) is 8.26 Å². The molecule has 0 aliphatic rings. The van der Waals surface area contributed by atoms with Crippen LogP contribution in [0.25, 0.3) is 20.9 Å². The van der Waals surface area contributed by atoms with E-state index in [0.29, 0.717) is 0 Å². The fourth-order valence-electron chi connectivity index (χ4n) is 1.67. The van der Waals surface area contributed by atoms with Gasteiger partial charge in [0, 0.05) is 0 Å². The van der Waals surface area contributed by atoms with Crippen molar-refractivity contribution in [3.05, 3.63) is 81.5 Å². The first-order valence-corrected chi connectivity index (χ1v) is 8.64. The van der Waals surface area contributed by atoms with Crippen molar-refractivity contribution in [1.82, 2.24) is 0 Å². The molecule has 0 atom stereocenters. The van der Waals surface area contributed by atoms with Crippen LogP contribution >= 0.6 is 0 Å². The molecule has 2 aromatic rings. The SMILES string of the molecule is [N-]=[N+]=N[Se](N=[N+]=[N-])(c1ccccc1)c1ccccc1. The number of rotatable bonds is 4. The Morgan fingerprint density at radius 1 is 0.684 bits per heavy atom. The molecule has 7 heteroatoms. The second-order valence-corrected chi connectivity index (χ2v) is 8.48. The molecule has 0 bridgehead atoms. The normalized spacial score (nSPS) is 10.9. The van der Waals surface area contributed by atoms with Crippen molar-refractivity contribution >= 4 is 22.2 Å². The fraction of sp³-hybridized carbons (Fsp3) is 0. The predicted octanol–water partition coefficient (Wildman–Crippen LogP) is 2.86. The van der Waals surface area contributed by atoms with Crippen LogP contribution in [0.2, 0.25) is 0 Å². The minimum absolute atomic E-state index is 0.778. The van der Waals surface area contributed by atoms with Gasteiger partial charge >= 0.3 is 112 Å². The summed E-state index contributed by atoms with van der Waals surface area (Å²) < 4.78 is 9.36. The first-order valence-electron chi connectivity index (χ1n) is 5.39. The first-order chi connectivity index (χ1) is 9.33. The zero-order chi connectivity index (χ0) is 13.6. The summed E-state index contributed by atoms with van der Waals surface area (Å²) in [5, 5.41) is 0. The Bertz CT molecular complexity index is 585. The average Bonchev–Trinajstić information content (AvgIpc) is 2.49. The molecule has 0 unspecified atom stereocenters. The van der Waals surface area contributed by atoms with Gasteiger partial charge in [-0.1, -0.05) is 0 Å². The van der Waals surface area contributed by atoms with E-state index < -0.39 is 13.3 Å². The summed E-state index contributed by atoms with van der Waals surface area (Å²) in [7, 11) is 0. The van der Waals surface area contributed by atoms with Gasteiger partial charge in [-0.05, 0) is 0 Å². The molecule has 0 aliphatic heterocycles. The zero-order valence-electron chi connectivity index (χ0n) is 9.87. The fourth-order valence-corrected chi connectivity index (χ4v) is 5.79. The molecule has 2 rings (SSSR count). The summed E-state index contributed by atoms with van der Waals surface area (Å²) in [5.41, 5.74) is 17.7. The second-order valence-electron chi connectivity index (χ2n) is 3.52. The van der Waals surface area contributed by atoms with Crippen molar-refractivity contribution in [1.29, 1.82) is 0 Å². The Kier molecular flexibility index (Phi) is 4.08. The van der Waals surface area contributed by atoms with Crippen LogP contribution in [0, 0.1) is 0 Å². The van der Waals surface area contributed by atoms with E-state index in [1.54, 1.807) is 0 Å². The van der Waals surface area contributed by atoms with Gasteiger partial charge in [0.25, 0.3) is 0 Å². The molecule has 19 heavy (non-hydrogen) atoms. The third-order valence-electron chi connectivity index (χ3n) is 2.45. The first kappa shape index (κ1) is 13.0. The van der Waals surface area contributed by atoms with Gasteiger partial charge in [0.15, 0.2) is 0 Å². The maximum atomic E-state index is 8.87. The van der Waals surface area contributed by atoms with Gasteiger partial charge in [0.05, 0.1) is 0 Å². The molecule has 0 aromatic heterocycles. The number of hydrogen-bond donors (Lipinski definition) is 0. The molecule has 94 valence electrons. The average molecular weight is 317 g/mol. The van der Waals surface area contributed by atoms with Crippen molar-refractivity contribution < 1.29 is 0 Å². The zero-order valence-corrected chi connectivity index (χ0v) is 11.6. The van der Waals surface area contributed by atoms with Gasteiger partial charge in [0.1, 0.15) is 0 Å². The molecule has 6 nitrogen and oxygen atoms in total. The molecule has 0 N–H and O–H groups in total. The molecule has 0 radical (unpaired) electrons. The molecule has 0 saturated carbocycles. The Labute approximate surface area is 112 Å². The van der Waals surface area contributed by atoms with E-state index in [2.05, 4.69) is 18.1 Å². The van der Waals surface area contributed by atoms with Gasteiger partial charge < -0.3 is 0 Å². The van der Waals surface area contributed by atoms with E-state index in [9.17, 15) is 0 Å². The van der Waals surface area contributed by atoms with Crippen molar-refractivity contribution in [2.75, 3.05) is 0 Å². The molecule has 2 aromatic carbocycles. The van der Waals surface area contributed by atoms with Gasteiger partial charge in [-0.25, -0.2) is 0 Å². The van der Waals surface area contributed by atoms with Gasteiger partial charge in [0.2, 0.25) is 0 Å². The topological polar surface area (TPSA) is 97.5 Å². The van der Waals surface area contributed by atoms with E-state index in [1.807, 2.05) is 60.7 Å². The summed E-state index contributed by atoms with van der Waals surface area (Å²) in [4.78, 5) is 5.82. The van der Waals surface area contributed by atoms with Crippen LogP contribution in [0.5, 0.6) is 0 Å². The molecule has 0 saturated heterocycles. The van der Waals surface area contributed by atoms with Gasteiger partial charge in [-0.15, -0.1) is 0 Å². The van der Waals surface area contributed by atoms with Crippen molar-refractivity contribution in [2.45, 2.75) is 0 Å². The summed E-state index contributed by atoms with van der Waals surface area (Å²) in [6.45, 7) is 0. The Morgan fingerprint density at radius 3 is 1.37 bits per heavy atom. The standard InChI is InChI=1S/C12H10N6Se/c13-15-17-19(18-16-14,11-7-3-1-4-8-11)12-9-5-2-6-10-12/h1-10H. The second kappa shape index (κ2) is 5.96. The van der Waals surface area contributed by atoms with E-state index in [4.69, 9.17) is 11.1 Å². The summed E-state index contributed by atoms with van der Waals surface area (Å²) >= 11 is -3.35. The number of azide groups is 1. The minimum atomic E-state index is -3.35. The summed E-state index contributed by atoms with van der Waals surface area (Å²) in [6, 6.07) is 18.4. The van der Waals surface area contributed by atoms with Gasteiger partial charge in [-0.3, -0.25) is 0 Å². The Morgan fingerprint density at radius 2 is 1.05 bits per heavy atom. The van der Waals surface area contributed by atoms with Crippen molar-refractivity contribution in [3.8, 4) is 0 Å². The number of hydrogen-bond acceptors (Lipinski definition) is 2. The number of benzene rings is 2. The van der Waals surface area contributed by atoms with Crippen LogP contribution in [0.3, 0.4) is 0 Å².